The Hall–Kier alpha value is -0.500. The molecule has 0 aromatic carbocycles. The molecule has 32 valence electrons. The van der Waals surface area contributed by atoms with E-state index in [1.165, 1.54) is 6.26 Å². The molecule has 0 unspecified atom stereocenters. The summed E-state index contributed by atoms with van der Waals surface area (Å²) in [5, 5.41) is 0. The fourth-order valence-electron chi connectivity index (χ4n) is 0.231. The standard InChI is InChI=1S/C4H4O2/c1-2-4-6-5-3-1/h1,3H,2H2. The Morgan fingerprint density at radius 1 is 1.67 bits per heavy atom. The summed E-state index contributed by atoms with van der Waals surface area (Å²) in [6, 6.07) is 0. The van der Waals surface area contributed by atoms with Crippen molar-refractivity contribution in [2.24, 2.45) is 0 Å². The molecule has 0 fully saturated rings. The van der Waals surface area contributed by atoms with Crippen molar-refractivity contribution in [2.75, 3.05) is 0 Å². The molecule has 1 aliphatic rings. The molecule has 0 aromatic heterocycles. The van der Waals surface area contributed by atoms with Gasteiger partial charge in [0.1, 0.15) is 6.26 Å². The molecule has 0 amide bonds. The maximum atomic E-state index is 4.28. The van der Waals surface area contributed by atoms with Crippen molar-refractivity contribution >= 4 is 0 Å². The average Bonchev–Trinajstić information content (AvgIpc) is 1.72. The van der Waals surface area contributed by atoms with Gasteiger partial charge in [-0.15, -0.1) is 0 Å². The van der Waals surface area contributed by atoms with E-state index in [4.69, 9.17) is 0 Å². The summed E-state index contributed by atoms with van der Waals surface area (Å²) < 4.78 is 0. The van der Waals surface area contributed by atoms with E-state index in [1.807, 2.05) is 6.08 Å². The SMILES string of the molecule is [C]1CC=COO1. The predicted molar refractivity (Wildman–Crippen MR) is 19.2 cm³/mol. The molecule has 2 heteroatoms. The molecule has 0 bridgehead atoms. The summed E-state index contributed by atoms with van der Waals surface area (Å²) >= 11 is 0. The van der Waals surface area contributed by atoms with Crippen LogP contribution in [-0.4, -0.2) is 0 Å². The fraction of sp³-hybridized carbons (Fsp3) is 0.250. The molecule has 1 rings (SSSR count). The molecule has 6 heavy (non-hydrogen) atoms. The van der Waals surface area contributed by atoms with E-state index in [0.29, 0.717) is 0 Å². The van der Waals surface area contributed by atoms with Crippen LogP contribution in [0.2, 0.25) is 0 Å². The van der Waals surface area contributed by atoms with Gasteiger partial charge < -0.3 is 4.89 Å². The lowest BCUT2D eigenvalue weighted by Crippen LogP contribution is -1.87. The molecular formula is C4H4O2. The van der Waals surface area contributed by atoms with Crippen molar-refractivity contribution in [1.29, 1.82) is 0 Å². The first kappa shape index (κ1) is 3.68. The van der Waals surface area contributed by atoms with Crippen LogP contribution < -0.4 is 0 Å². The Kier molecular flexibility index (Phi) is 1.12. The van der Waals surface area contributed by atoms with Gasteiger partial charge in [0, 0.05) is 6.42 Å². The second-order valence-corrected chi connectivity index (χ2v) is 0.900. The van der Waals surface area contributed by atoms with E-state index in [1.54, 1.807) is 0 Å². The molecule has 0 spiro atoms. The molecule has 1 aliphatic heterocycles. The Balaban J connectivity index is 2.26. The molecule has 1 heterocycles. The van der Waals surface area contributed by atoms with Gasteiger partial charge in [-0.1, -0.05) is 0 Å². The lowest BCUT2D eigenvalue weighted by Gasteiger charge is -1.99. The van der Waals surface area contributed by atoms with Crippen molar-refractivity contribution < 1.29 is 9.78 Å². The summed E-state index contributed by atoms with van der Waals surface area (Å²) in [5.41, 5.74) is 0. The quantitative estimate of drug-likeness (QED) is 0.406. The normalized spacial score (nSPS) is 20.0. The topological polar surface area (TPSA) is 18.5 Å². The van der Waals surface area contributed by atoms with Crippen LogP contribution >= 0.6 is 0 Å². The van der Waals surface area contributed by atoms with Crippen molar-refractivity contribution in [3.8, 4) is 0 Å². The van der Waals surface area contributed by atoms with Gasteiger partial charge in [0.25, 0.3) is 0 Å². The minimum atomic E-state index is 0.722. The van der Waals surface area contributed by atoms with Crippen LogP contribution in [0.1, 0.15) is 6.42 Å². The first-order valence-electron chi connectivity index (χ1n) is 1.70. The third-order valence-corrected chi connectivity index (χ3v) is 0.460. The van der Waals surface area contributed by atoms with E-state index in [-0.39, 0.29) is 0 Å². The highest BCUT2D eigenvalue weighted by molar-refractivity contribution is 4.78. The van der Waals surface area contributed by atoms with Crippen LogP contribution in [0.15, 0.2) is 12.3 Å². The maximum absolute atomic E-state index is 4.28. The minimum Gasteiger partial charge on any atom is -0.345 e. The van der Waals surface area contributed by atoms with Gasteiger partial charge >= 0.3 is 0 Å². The monoisotopic (exact) mass is 84.0 g/mol. The second-order valence-electron chi connectivity index (χ2n) is 0.900. The molecule has 0 aliphatic carbocycles. The zero-order chi connectivity index (χ0) is 4.24. The molecule has 0 saturated carbocycles. The summed E-state index contributed by atoms with van der Waals surface area (Å²) in [6.45, 7) is 2.48. The molecule has 0 atom stereocenters. The fourth-order valence-corrected chi connectivity index (χ4v) is 0.231. The largest absolute Gasteiger partial charge is 0.345 e. The lowest BCUT2D eigenvalue weighted by atomic mass is 10.4. The average molecular weight is 84.1 g/mol. The molecule has 2 nitrogen and oxygen atoms in total. The van der Waals surface area contributed by atoms with Gasteiger partial charge in [0.15, 0.2) is 6.61 Å². The first-order valence-corrected chi connectivity index (χ1v) is 1.70. The van der Waals surface area contributed by atoms with Crippen LogP contribution in [0.25, 0.3) is 0 Å². The number of hydrogen-bond donors (Lipinski definition) is 0. The van der Waals surface area contributed by atoms with E-state index in [0.717, 1.165) is 6.42 Å². The van der Waals surface area contributed by atoms with Gasteiger partial charge in [-0.2, -0.15) is 4.89 Å². The highest BCUT2D eigenvalue weighted by Gasteiger charge is 1.89. The third-order valence-electron chi connectivity index (χ3n) is 0.460. The number of hydrogen-bond acceptors (Lipinski definition) is 2. The third kappa shape index (κ3) is 0.723. The van der Waals surface area contributed by atoms with Crippen LogP contribution in [0.4, 0.5) is 0 Å². The smallest absolute Gasteiger partial charge is 0.191 e. The lowest BCUT2D eigenvalue weighted by molar-refractivity contribution is -0.225. The van der Waals surface area contributed by atoms with Crippen molar-refractivity contribution in [1.82, 2.24) is 0 Å². The second kappa shape index (κ2) is 1.82. The predicted octanol–water partition coefficient (Wildman–Crippen LogP) is 0.891. The van der Waals surface area contributed by atoms with Crippen molar-refractivity contribution in [3.63, 3.8) is 0 Å². The van der Waals surface area contributed by atoms with Gasteiger partial charge in [0.05, 0.1) is 0 Å². The molecular weight excluding hydrogens is 80.0 g/mol. The highest BCUT2D eigenvalue weighted by atomic mass is 17.2. The zero-order valence-corrected chi connectivity index (χ0v) is 3.18. The van der Waals surface area contributed by atoms with E-state index in [2.05, 4.69) is 16.4 Å². The van der Waals surface area contributed by atoms with Crippen molar-refractivity contribution in [2.45, 2.75) is 6.42 Å². The van der Waals surface area contributed by atoms with Gasteiger partial charge in [-0.05, 0) is 6.08 Å². The Bertz CT molecular complexity index is 50.6. The van der Waals surface area contributed by atoms with Crippen LogP contribution in [0.3, 0.4) is 0 Å². The molecule has 0 saturated heterocycles. The van der Waals surface area contributed by atoms with Gasteiger partial charge in [-0.25, -0.2) is 0 Å². The summed E-state index contributed by atoms with van der Waals surface area (Å²) in [4.78, 5) is 8.51. The zero-order valence-electron chi connectivity index (χ0n) is 3.18. The molecule has 0 aromatic rings. The van der Waals surface area contributed by atoms with Crippen LogP contribution in [0.5, 0.6) is 0 Å². The highest BCUT2D eigenvalue weighted by Crippen LogP contribution is 1.98. The van der Waals surface area contributed by atoms with E-state index < -0.39 is 0 Å². The Labute approximate surface area is 36.3 Å². The number of rotatable bonds is 0. The molecule has 2 radical (unpaired) electrons. The summed E-state index contributed by atoms with van der Waals surface area (Å²) in [6.07, 6.45) is 4.01. The van der Waals surface area contributed by atoms with Gasteiger partial charge in [0.2, 0.25) is 0 Å². The van der Waals surface area contributed by atoms with E-state index in [9.17, 15) is 0 Å². The maximum Gasteiger partial charge on any atom is 0.191 e. The van der Waals surface area contributed by atoms with Gasteiger partial charge in [-0.3, -0.25) is 0 Å². The summed E-state index contributed by atoms with van der Waals surface area (Å²) in [7, 11) is 0. The first-order chi connectivity index (χ1) is 3.00. The van der Waals surface area contributed by atoms with Crippen LogP contribution in [0, 0.1) is 6.61 Å². The van der Waals surface area contributed by atoms with E-state index >= 15 is 0 Å². The molecule has 0 N–H and O–H groups in total. The van der Waals surface area contributed by atoms with Crippen molar-refractivity contribution in [3.05, 3.63) is 18.9 Å². The summed E-state index contributed by atoms with van der Waals surface area (Å²) in [5.74, 6) is 0. The van der Waals surface area contributed by atoms with Crippen LogP contribution in [-0.2, 0) is 9.78 Å². The minimum absolute atomic E-state index is 0.722. The Morgan fingerprint density at radius 2 is 2.67 bits per heavy atom. The Morgan fingerprint density at radius 3 is 2.83 bits per heavy atom.